The lowest BCUT2D eigenvalue weighted by Crippen LogP contribution is -2.58. The quantitative estimate of drug-likeness (QED) is 0.307. The number of rotatable bonds is 12. The van der Waals surface area contributed by atoms with Crippen molar-refractivity contribution in [2.45, 2.75) is 51.3 Å². The van der Waals surface area contributed by atoms with Crippen LogP contribution in [0.1, 0.15) is 23.6 Å². The molecule has 7 heteroatoms. The van der Waals surface area contributed by atoms with Gasteiger partial charge in [-0.1, -0.05) is 91.0 Å². The first-order chi connectivity index (χ1) is 19.2. The lowest BCUT2D eigenvalue weighted by molar-refractivity contribution is -0.285. The summed E-state index contributed by atoms with van der Waals surface area (Å²) in [7, 11) is 0. The second kappa shape index (κ2) is 13.8. The number of hydrogen-bond donors (Lipinski definition) is 0. The first kappa shape index (κ1) is 27.5. The molecule has 0 amide bonds. The van der Waals surface area contributed by atoms with Crippen molar-refractivity contribution in [3.63, 3.8) is 0 Å². The molecule has 2 aliphatic rings. The van der Waals surface area contributed by atoms with Crippen LogP contribution in [-0.4, -0.2) is 50.4 Å². The van der Waals surface area contributed by atoms with Crippen LogP contribution in [0.3, 0.4) is 0 Å². The van der Waals surface area contributed by atoms with Crippen molar-refractivity contribution in [3.8, 4) is 0 Å². The summed E-state index contributed by atoms with van der Waals surface area (Å²) < 4.78 is 37.3. The van der Waals surface area contributed by atoms with E-state index in [9.17, 15) is 4.79 Å². The molecule has 7 nitrogen and oxygen atoms in total. The van der Waals surface area contributed by atoms with Gasteiger partial charge in [0.15, 0.2) is 6.29 Å². The highest BCUT2D eigenvalue weighted by atomic mass is 16.7. The molecule has 5 rings (SSSR count). The van der Waals surface area contributed by atoms with E-state index in [2.05, 4.69) is 0 Å². The summed E-state index contributed by atoms with van der Waals surface area (Å²) in [6.07, 6.45) is -1.70. The molecule has 0 radical (unpaired) electrons. The normalized spacial score (nSPS) is 26.2. The molecule has 0 aromatic heterocycles. The summed E-state index contributed by atoms with van der Waals surface area (Å²) in [5, 5.41) is 0. The summed E-state index contributed by atoms with van der Waals surface area (Å²) in [6, 6.07) is 30.2. The van der Waals surface area contributed by atoms with Crippen molar-refractivity contribution in [2.75, 3.05) is 19.8 Å². The fourth-order valence-corrected chi connectivity index (χ4v) is 5.22. The van der Waals surface area contributed by atoms with Crippen LogP contribution in [0.4, 0.5) is 0 Å². The minimum Gasteiger partial charge on any atom is -0.465 e. The zero-order valence-electron chi connectivity index (χ0n) is 22.2. The first-order valence-corrected chi connectivity index (χ1v) is 13.5. The average molecular weight is 533 g/mol. The second-order valence-electron chi connectivity index (χ2n) is 10.0. The monoisotopic (exact) mass is 532 g/mol. The average Bonchev–Trinajstić information content (AvgIpc) is 3.38. The molecular weight excluding hydrogens is 496 g/mol. The Hall–Kier alpha value is -3.07. The van der Waals surface area contributed by atoms with E-state index in [1.807, 2.05) is 91.0 Å². The van der Waals surface area contributed by atoms with Crippen LogP contribution >= 0.6 is 0 Å². The maximum absolute atomic E-state index is 11.6. The van der Waals surface area contributed by atoms with Gasteiger partial charge in [-0.15, -0.1) is 0 Å². The minimum absolute atomic E-state index is 0.0753. The third-order valence-corrected chi connectivity index (χ3v) is 7.18. The van der Waals surface area contributed by atoms with Gasteiger partial charge in [0, 0.05) is 18.8 Å². The zero-order valence-corrected chi connectivity index (χ0v) is 22.2. The first-order valence-electron chi connectivity index (χ1n) is 13.5. The standard InChI is InChI=1S/C32H36O7/c1-23(33)35-20-27-21-38-32-29(27)31(37-19-26-15-9-4-10-16-26)30(36-18-25-13-7-3-8-14-25)28(39-32)22-34-17-24-11-5-2-6-12-24/h2-16,27-32H,17-22H2,1H3/t27-,28+,29-,30+,31+,32+/m0/s1. The Kier molecular flexibility index (Phi) is 9.75. The van der Waals surface area contributed by atoms with Crippen molar-refractivity contribution in [1.82, 2.24) is 0 Å². The molecule has 2 fully saturated rings. The molecule has 0 N–H and O–H groups in total. The number of carbonyl (C=O) groups is 1. The number of carbonyl (C=O) groups excluding carboxylic acids is 1. The topological polar surface area (TPSA) is 72.5 Å². The maximum Gasteiger partial charge on any atom is 0.302 e. The van der Waals surface area contributed by atoms with Gasteiger partial charge in [0.2, 0.25) is 0 Å². The summed E-state index contributed by atoms with van der Waals surface area (Å²) in [4.78, 5) is 11.6. The summed E-state index contributed by atoms with van der Waals surface area (Å²) in [6.45, 7) is 3.68. The van der Waals surface area contributed by atoms with Gasteiger partial charge in [-0.2, -0.15) is 0 Å². The van der Waals surface area contributed by atoms with Crippen molar-refractivity contribution in [3.05, 3.63) is 108 Å². The summed E-state index contributed by atoms with van der Waals surface area (Å²) in [5.41, 5.74) is 3.21. The molecule has 2 heterocycles. The van der Waals surface area contributed by atoms with Gasteiger partial charge < -0.3 is 28.4 Å². The van der Waals surface area contributed by atoms with E-state index in [1.54, 1.807) is 0 Å². The maximum atomic E-state index is 11.6. The van der Waals surface area contributed by atoms with E-state index >= 15 is 0 Å². The van der Waals surface area contributed by atoms with Crippen molar-refractivity contribution in [2.24, 2.45) is 11.8 Å². The minimum atomic E-state index is -0.506. The van der Waals surface area contributed by atoms with Crippen LogP contribution < -0.4 is 0 Å². The Morgan fingerprint density at radius 2 is 1.28 bits per heavy atom. The third kappa shape index (κ3) is 7.53. The molecule has 2 saturated heterocycles. The Balaban J connectivity index is 1.37. The molecule has 0 bridgehead atoms. The Morgan fingerprint density at radius 1 is 0.744 bits per heavy atom. The Bertz CT molecular complexity index is 1140. The SMILES string of the molecule is CC(=O)OC[C@H]1CO[C@@H]2O[C@H](COCc3ccccc3)[C@@H](OCc3ccccc3)[C@H](OCc3ccccc3)[C@H]12. The van der Waals surface area contributed by atoms with Crippen molar-refractivity contribution >= 4 is 5.97 Å². The van der Waals surface area contributed by atoms with Crippen LogP contribution in [0, 0.1) is 11.8 Å². The van der Waals surface area contributed by atoms with Crippen molar-refractivity contribution < 1.29 is 33.2 Å². The van der Waals surface area contributed by atoms with Crippen LogP contribution in [0.2, 0.25) is 0 Å². The second-order valence-corrected chi connectivity index (χ2v) is 10.0. The van der Waals surface area contributed by atoms with Gasteiger partial charge in [-0.05, 0) is 16.7 Å². The molecule has 39 heavy (non-hydrogen) atoms. The molecule has 2 aliphatic heterocycles. The summed E-state index contributed by atoms with van der Waals surface area (Å²) in [5.74, 6) is -0.561. The molecule has 3 aromatic carbocycles. The third-order valence-electron chi connectivity index (χ3n) is 7.18. The van der Waals surface area contributed by atoms with Gasteiger partial charge >= 0.3 is 5.97 Å². The number of esters is 1. The predicted octanol–water partition coefficient (Wildman–Crippen LogP) is 4.92. The smallest absolute Gasteiger partial charge is 0.302 e. The largest absolute Gasteiger partial charge is 0.465 e. The van der Waals surface area contributed by atoms with E-state index in [0.29, 0.717) is 33.0 Å². The van der Waals surface area contributed by atoms with E-state index in [4.69, 9.17) is 28.4 Å². The molecule has 3 aromatic rings. The number of hydrogen-bond acceptors (Lipinski definition) is 7. The van der Waals surface area contributed by atoms with Gasteiger partial charge in [0.1, 0.15) is 12.2 Å². The predicted molar refractivity (Wildman–Crippen MR) is 144 cm³/mol. The molecule has 0 spiro atoms. The highest BCUT2D eigenvalue weighted by Gasteiger charge is 2.54. The van der Waals surface area contributed by atoms with Crippen LogP contribution in [0.5, 0.6) is 0 Å². The molecule has 206 valence electrons. The van der Waals surface area contributed by atoms with Gasteiger partial charge in [-0.3, -0.25) is 4.79 Å². The van der Waals surface area contributed by atoms with Crippen LogP contribution in [0.25, 0.3) is 0 Å². The summed E-state index contributed by atoms with van der Waals surface area (Å²) >= 11 is 0. The Labute approximate surface area is 229 Å². The van der Waals surface area contributed by atoms with Gasteiger partial charge in [0.05, 0.1) is 45.7 Å². The molecular formula is C32H36O7. The van der Waals surface area contributed by atoms with Gasteiger partial charge in [0.25, 0.3) is 0 Å². The lowest BCUT2D eigenvalue weighted by Gasteiger charge is -2.44. The zero-order chi connectivity index (χ0) is 26.9. The van der Waals surface area contributed by atoms with Gasteiger partial charge in [-0.25, -0.2) is 0 Å². The molecule has 6 atom stereocenters. The fraction of sp³-hybridized carbons (Fsp3) is 0.406. The Morgan fingerprint density at radius 3 is 1.85 bits per heavy atom. The van der Waals surface area contributed by atoms with E-state index in [0.717, 1.165) is 16.7 Å². The highest BCUT2D eigenvalue weighted by Crippen LogP contribution is 2.41. The molecule has 0 aliphatic carbocycles. The highest BCUT2D eigenvalue weighted by molar-refractivity contribution is 5.65. The van der Waals surface area contributed by atoms with E-state index < -0.39 is 18.5 Å². The number of ether oxygens (including phenoxy) is 6. The van der Waals surface area contributed by atoms with Crippen LogP contribution in [0.15, 0.2) is 91.0 Å². The molecule has 0 unspecified atom stereocenters. The van der Waals surface area contributed by atoms with Crippen molar-refractivity contribution in [1.29, 1.82) is 0 Å². The fourth-order valence-electron chi connectivity index (χ4n) is 5.22. The van der Waals surface area contributed by atoms with E-state index in [-0.39, 0.29) is 30.5 Å². The van der Waals surface area contributed by atoms with E-state index in [1.165, 1.54) is 6.92 Å². The molecule has 0 saturated carbocycles. The number of fused-ring (bicyclic) bond motifs is 1. The number of benzene rings is 3. The lowest BCUT2D eigenvalue weighted by atomic mass is 9.83. The van der Waals surface area contributed by atoms with Crippen LogP contribution in [-0.2, 0) is 53.0 Å².